The first-order chi connectivity index (χ1) is 9.58. The number of nitrogens with two attached hydrogens (primary N) is 1. The molecular formula is C16H23ClN2O. The Morgan fingerprint density at radius 2 is 1.90 bits per heavy atom. The number of hydrogen-bond donors (Lipinski definition) is 2. The van der Waals surface area contributed by atoms with Gasteiger partial charge in [-0.3, -0.25) is 4.79 Å². The third-order valence-corrected chi connectivity index (χ3v) is 4.39. The van der Waals surface area contributed by atoms with Crippen LogP contribution in [0.25, 0.3) is 0 Å². The first-order valence-corrected chi connectivity index (χ1v) is 7.77. The van der Waals surface area contributed by atoms with Crippen molar-refractivity contribution in [2.24, 2.45) is 11.7 Å². The van der Waals surface area contributed by atoms with Crippen LogP contribution in [0.1, 0.15) is 50.6 Å². The molecule has 1 fully saturated rings. The van der Waals surface area contributed by atoms with Crippen molar-refractivity contribution in [3.8, 4) is 0 Å². The van der Waals surface area contributed by atoms with Gasteiger partial charge in [0.1, 0.15) is 0 Å². The summed E-state index contributed by atoms with van der Waals surface area (Å²) in [4.78, 5) is 12.4. The van der Waals surface area contributed by atoms with Crippen molar-refractivity contribution < 1.29 is 4.79 Å². The molecule has 3 atom stereocenters. The minimum absolute atomic E-state index is 0.00471. The average molecular weight is 295 g/mol. The molecule has 1 amide bonds. The lowest BCUT2D eigenvalue weighted by Crippen LogP contribution is -2.42. The van der Waals surface area contributed by atoms with Crippen LogP contribution in [0.2, 0.25) is 5.02 Å². The van der Waals surface area contributed by atoms with Crippen molar-refractivity contribution in [3.63, 3.8) is 0 Å². The van der Waals surface area contributed by atoms with E-state index >= 15 is 0 Å². The summed E-state index contributed by atoms with van der Waals surface area (Å²) >= 11 is 5.88. The molecule has 0 radical (unpaired) electrons. The third-order valence-electron chi connectivity index (χ3n) is 4.13. The van der Waals surface area contributed by atoms with Gasteiger partial charge >= 0.3 is 0 Å². The second kappa shape index (κ2) is 7.09. The molecule has 0 bridgehead atoms. The molecule has 0 saturated heterocycles. The normalized spacial score (nSPS) is 24.8. The number of hydrogen-bond acceptors (Lipinski definition) is 2. The van der Waals surface area contributed by atoms with Gasteiger partial charge in [0.2, 0.25) is 5.91 Å². The predicted octanol–water partition coefficient (Wildman–Crippen LogP) is 3.42. The largest absolute Gasteiger partial charge is 0.349 e. The fourth-order valence-corrected chi connectivity index (χ4v) is 2.94. The predicted molar refractivity (Wildman–Crippen MR) is 82.6 cm³/mol. The van der Waals surface area contributed by atoms with Gasteiger partial charge < -0.3 is 11.1 Å². The number of carbonyl (C=O) groups excluding carboxylic acids is 1. The minimum Gasteiger partial charge on any atom is -0.349 e. The van der Waals surface area contributed by atoms with E-state index in [1.54, 1.807) is 0 Å². The summed E-state index contributed by atoms with van der Waals surface area (Å²) in [5.41, 5.74) is 7.20. The van der Waals surface area contributed by atoms with Crippen LogP contribution in [0.15, 0.2) is 24.3 Å². The highest BCUT2D eigenvalue weighted by molar-refractivity contribution is 6.30. The molecule has 1 aromatic rings. The van der Waals surface area contributed by atoms with Gasteiger partial charge in [-0.1, -0.05) is 43.0 Å². The van der Waals surface area contributed by atoms with Crippen LogP contribution in [-0.4, -0.2) is 11.9 Å². The van der Waals surface area contributed by atoms with E-state index in [1.807, 2.05) is 31.2 Å². The highest BCUT2D eigenvalue weighted by Crippen LogP contribution is 2.24. The van der Waals surface area contributed by atoms with Crippen LogP contribution in [-0.2, 0) is 4.79 Å². The van der Waals surface area contributed by atoms with E-state index < -0.39 is 0 Å². The monoisotopic (exact) mass is 294 g/mol. The Hall–Kier alpha value is -1.06. The van der Waals surface area contributed by atoms with Crippen molar-refractivity contribution in [1.82, 2.24) is 5.32 Å². The van der Waals surface area contributed by atoms with Gasteiger partial charge in [-0.25, -0.2) is 0 Å². The van der Waals surface area contributed by atoms with Gasteiger partial charge in [-0.05, 0) is 37.5 Å². The van der Waals surface area contributed by atoms with E-state index in [0.717, 1.165) is 31.2 Å². The van der Waals surface area contributed by atoms with Crippen molar-refractivity contribution in [2.45, 2.75) is 51.1 Å². The smallest absolute Gasteiger partial charge is 0.225 e. The lowest BCUT2D eigenvalue weighted by atomic mass is 9.94. The number of benzene rings is 1. The number of halogens is 1. The van der Waals surface area contributed by atoms with Gasteiger partial charge in [0.25, 0.3) is 0 Å². The molecule has 2 unspecified atom stereocenters. The van der Waals surface area contributed by atoms with E-state index in [4.69, 9.17) is 17.3 Å². The minimum atomic E-state index is -0.0488. The quantitative estimate of drug-likeness (QED) is 0.839. The Balaban J connectivity index is 1.97. The highest BCUT2D eigenvalue weighted by atomic mass is 35.5. The first-order valence-electron chi connectivity index (χ1n) is 7.39. The SMILES string of the molecule is C[C@@H](NC(=O)C1CCCCCC1N)c1ccc(Cl)cc1. The van der Waals surface area contributed by atoms with Gasteiger partial charge in [0.05, 0.1) is 12.0 Å². The zero-order valence-electron chi connectivity index (χ0n) is 11.9. The molecule has 0 spiro atoms. The molecule has 1 aliphatic carbocycles. The Labute approximate surface area is 125 Å². The van der Waals surface area contributed by atoms with Crippen LogP contribution in [0.3, 0.4) is 0 Å². The molecule has 0 aromatic heterocycles. The lowest BCUT2D eigenvalue weighted by molar-refractivity contribution is -0.126. The van der Waals surface area contributed by atoms with Gasteiger partial charge in [-0.15, -0.1) is 0 Å². The standard InChI is InChI=1S/C16H23ClN2O/c1-11(12-7-9-13(17)10-8-12)19-16(20)14-5-3-2-4-6-15(14)18/h7-11,14-15H,2-6,18H2,1H3,(H,19,20)/t11-,14?,15?/m1/s1. The molecule has 1 saturated carbocycles. The van der Waals surface area contributed by atoms with E-state index in [-0.39, 0.29) is 23.9 Å². The van der Waals surface area contributed by atoms with Gasteiger partial charge in [-0.2, -0.15) is 0 Å². The Morgan fingerprint density at radius 3 is 2.60 bits per heavy atom. The van der Waals surface area contributed by atoms with E-state index in [9.17, 15) is 4.79 Å². The molecule has 20 heavy (non-hydrogen) atoms. The maximum atomic E-state index is 12.4. The second-order valence-electron chi connectivity index (χ2n) is 5.69. The molecule has 110 valence electrons. The number of nitrogens with one attached hydrogen (secondary N) is 1. The number of amides is 1. The fraction of sp³-hybridized carbons (Fsp3) is 0.562. The molecule has 3 nitrogen and oxygen atoms in total. The van der Waals surface area contributed by atoms with Crippen molar-refractivity contribution in [2.75, 3.05) is 0 Å². The molecule has 2 rings (SSSR count). The highest BCUT2D eigenvalue weighted by Gasteiger charge is 2.27. The van der Waals surface area contributed by atoms with Crippen molar-refractivity contribution in [1.29, 1.82) is 0 Å². The fourth-order valence-electron chi connectivity index (χ4n) is 2.82. The maximum Gasteiger partial charge on any atom is 0.225 e. The molecular weight excluding hydrogens is 272 g/mol. The van der Waals surface area contributed by atoms with Gasteiger partial charge in [0, 0.05) is 11.1 Å². The van der Waals surface area contributed by atoms with E-state index in [0.29, 0.717) is 5.02 Å². The van der Waals surface area contributed by atoms with Crippen LogP contribution in [0, 0.1) is 5.92 Å². The van der Waals surface area contributed by atoms with Crippen LogP contribution >= 0.6 is 11.6 Å². The summed E-state index contributed by atoms with van der Waals surface area (Å²) in [6.07, 6.45) is 5.27. The van der Waals surface area contributed by atoms with Crippen LogP contribution < -0.4 is 11.1 Å². The Bertz CT molecular complexity index is 446. The number of rotatable bonds is 3. The molecule has 1 aliphatic rings. The molecule has 0 heterocycles. The molecule has 3 N–H and O–H groups in total. The summed E-state index contributed by atoms with van der Waals surface area (Å²) < 4.78 is 0. The summed E-state index contributed by atoms with van der Waals surface area (Å²) in [6.45, 7) is 1.99. The molecule has 4 heteroatoms. The molecule has 0 aliphatic heterocycles. The third kappa shape index (κ3) is 3.97. The Morgan fingerprint density at radius 1 is 1.25 bits per heavy atom. The summed E-state index contributed by atoms with van der Waals surface area (Å²) in [6, 6.07) is 7.55. The lowest BCUT2D eigenvalue weighted by Gasteiger charge is -2.23. The first kappa shape index (κ1) is 15.3. The van der Waals surface area contributed by atoms with Gasteiger partial charge in [0.15, 0.2) is 0 Å². The molecule has 1 aromatic carbocycles. The van der Waals surface area contributed by atoms with Crippen molar-refractivity contribution in [3.05, 3.63) is 34.9 Å². The Kier molecular flexibility index (Phi) is 5.44. The second-order valence-corrected chi connectivity index (χ2v) is 6.13. The zero-order chi connectivity index (χ0) is 14.5. The summed E-state index contributed by atoms with van der Waals surface area (Å²) in [5.74, 6) is 0.0362. The topological polar surface area (TPSA) is 55.1 Å². The van der Waals surface area contributed by atoms with Crippen LogP contribution in [0.5, 0.6) is 0 Å². The maximum absolute atomic E-state index is 12.4. The van der Waals surface area contributed by atoms with Crippen LogP contribution in [0.4, 0.5) is 0 Å². The average Bonchev–Trinajstić information content (AvgIpc) is 2.64. The summed E-state index contributed by atoms with van der Waals surface area (Å²) in [5, 5.41) is 3.79. The van der Waals surface area contributed by atoms with Crippen molar-refractivity contribution >= 4 is 17.5 Å². The van der Waals surface area contributed by atoms with E-state index in [2.05, 4.69) is 5.32 Å². The summed E-state index contributed by atoms with van der Waals surface area (Å²) in [7, 11) is 0. The number of carbonyl (C=O) groups is 1. The zero-order valence-corrected chi connectivity index (χ0v) is 12.7. The van der Waals surface area contributed by atoms with E-state index in [1.165, 1.54) is 6.42 Å².